The Morgan fingerprint density at radius 2 is 1.64 bits per heavy atom. The van der Waals surface area contributed by atoms with Gasteiger partial charge in [0.1, 0.15) is 17.3 Å². The van der Waals surface area contributed by atoms with Gasteiger partial charge in [0.2, 0.25) is 0 Å². The van der Waals surface area contributed by atoms with E-state index >= 15 is 4.39 Å². The van der Waals surface area contributed by atoms with Crippen LogP contribution >= 0.6 is 23.6 Å². The molecule has 8 heteroatoms. The van der Waals surface area contributed by atoms with Gasteiger partial charge in [0.15, 0.2) is 11.6 Å². The Kier molecular flexibility index (Phi) is 9.79. The van der Waals surface area contributed by atoms with Gasteiger partial charge >= 0.3 is 0 Å². The van der Waals surface area contributed by atoms with Crippen molar-refractivity contribution in [1.82, 2.24) is 10.3 Å². The lowest BCUT2D eigenvalue weighted by Gasteiger charge is -2.10. The van der Waals surface area contributed by atoms with Crippen LogP contribution in [0, 0.1) is 11.6 Å². The summed E-state index contributed by atoms with van der Waals surface area (Å²) in [4.78, 5) is 18.5. The van der Waals surface area contributed by atoms with E-state index in [1.807, 2.05) is 6.07 Å². The minimum atomic E-state index is -0.512. The van der Waals surface area contributed by atoms with E-state index in [9.17, 15) is 9.18 Å². The third-order valence-electron chi connectivity index (χ3n) is 6.70. The molecule has 5 aromatic rings. The van der Waals surface area contributed by atoms with Crippen molar-refractivity contribution in [2.75, 3.05) is 6.54 Å². The molecule has 1 N–H and O–H groups in total. The van der Waals surface area contributed by atoms with E-state index in [1.54, 1.807) is 47.9 Å². The van der Waals surface area contributed by atoms with Gasteiger partial charge in [-0.05, 0) is 65.6 Å². The summed E-state index contributed by atoms with van der Waals surface area (Å²) in [5.41, 5.74) is 4.49. The average molecular weight is 601 g/mol. The molecule has 0 aliphatic rings. The van der Waals surface area contributed by atoms with E-state index in [0.29, 0.717) is 22.6 Å². The smallest absolute Gasteiger partial charge is 0.166 e. The van der Waals surface area contributed by atoms with Crippen molar-refractivity contribution < 1.29 is 18.3 Å². The molecule has 0 unspecified atom stereocenters. The molecule has 0 fully saturated rings. The molecule has 3 aromatic carbocycles. The van der Waals surface area contributed by atoms with E-state index in [1.165, 1.54) is 23.8 Å². The van der Waals surface area contributed by atoms with Crippen LogP contribution < -0.4 is 10.1 Å². The number of fused-ring (bicyclic) bond motifs is 1. The number of Topliss-reactive ketones (excluding diaryl/α,β-unsaturated/α-hetero) is 1. The highest BCUT2D eigenvalue weighted by Crippen LogP contribution is 2.39. The van der Waals surface area contributed by atoms with Crippen molar-refractivity contribution >= 4 is 44.4 Å². The molecular weight excluding hydrogens is 571 g/mol. The van der Waals surface area contributed by atoms with Crippen molar-refractivity contribution in [1.29, 1.82) is 0 Å². The summed E-state index contributed by atoms with van der Waals surface area (Å²) in [7, 11) is 0. The van der Waals surface area contributed by atoms with Crippen LogP contribution in [0.4, 0.5) is 8.78 Å². The van der Waals surface area contributed by atoms with Crippen molar-refractivity contribution in [3.63, 3.8) is 0 Å². The average Bonchev–Trinajstić information content (AvgIpc) is 3.41. The molecule has 0 bridgehead atoms. The number of halogens is 2. The van der Waals surface area contributed by atoms with Crippen LogP contribution in [0.15, 0.2) is 85.1 Å². The molecule has 2 aromatic heterocycles. The first-order valence-corrected chi connectivity index (χ1v) is 15.0. The van der Waals surface area contributed by atoms with Gasteiger partial charge in [-0.15, -0.1) is 11.3 Å². The summed E-state index contributed by atoms with van der Waals surface area (Å²) in [6.07, 6.45) is 3.32. The van der Waals surface area contributed by atoms with E-state index in [-0.39, 0.29) is 30.2 Å². The quantitative estimate of drug-likeness (QED) is 0.108. The molecule has 0 spiro atoms. The standard InChI is InChI=1S/C34H30F2N2O2S2/c1-2-14-37-21-23-3-8-25(9-4-23)33-20-30-34(42-33)32(13-15-38-30)40-31-12-7-24(18-29(31)36)17-28(41)19-27(39)16-22-5-10-26(35)11-6-22/h3-13,15,18,20,37H,2,14,16-17,19,21H2,1H3. The van der Waals surface area contributed by atoms with Gasteiger partial charge in [0.05, 0.1) is 10.2 Å². The minimum Gasteiger partial charge on any atom is -0.453 e. The number of rotatable bonds is 13. The minimum absolute atomic E-state index is 0.0658. The van der Waals surface area contributed by atoms with Crippen LogP contribution in [-0.2, 0) is 24.2 Å². The highest BCUT2D eigenvalue weighted by atomic mass is 32.1. The van der Waals surface area contributed by atoms with Crippen molar-refractivity contribution in [2.45, 2.75) is 39.2 Å². The first kappa shape index (κ1) is 29.6. The summed E-state index contributed by atoms with van der Waals surface area (Å²) in [5, 5.41) is 3.41. The Morgan fingerprint density at radius 1 is 0.905 bits per heavy atom. The maximum absolute atomic E-state index is 15.1. The Morgan fingerprint density at radius 3 is 2.38 bits per heavy atom. The number of carbonyl (C=O) groups excluding carboxylic acids is 1. The summed E-state index contributed by atoms with van der Waals surface area (Å²) in [5.74, 6) is -0.291. The Labute approximate surface area is 253 Å². The van der Waals surface area contributed by atoms with Crippen molar-refractivity contribution in [3.8, 4) is 21.9 Å². The second-order valence-electron chi connectivity index (χ2n) is 10.1. The van der Waals surface area contributed by atoms with Crippen LogP contribution in [0.2, 0.25) is 0 Å². The second-order valence-corrected chi connectivity index (χ2v) is 11.7. The normalized spacial score (nSPS) is 11.1. The number of pyridine rings is 1. The first-order valence-electron chi connectivity index (χ1n) is 13.8. The van der Waals surface area contributed by atoms with E-state index in [2.05, 4.69) is 41.5 Å². The molecule has 42 heavy (non-hydrogen) atoms. The number of nitrogens with zero attached hydrogens (tertiary/aromatic N) is 1. The lowest BCUT2D eigenvalue weighted by molar-refractivity contribution is -0.117. The molecule has 0 aliphatic carbocycles. The molecule has 0 atom stereocenters. The zero-order valence-corrected chi connectivity index (χ0v) is 24.8. The molecule has 214 valence electrons. The zero-order chi connectivity index (χ0) is 29.5. The number of carbonyl (C=O) groups is 1. The van der Waals surface area contributed by atoms with E-state index in [4.69, 9.17) is 17.0 Å². The third-order valence-corrected chi connectivity index (χ3v) is 8.17. The number of ketones is 1. The number of nitrogens with one attached hydrogen (secondary N) is 1. The largest absolute Gasteiger partial charge is 0.453 e. The number of ether oxygens (including phenoxy) is 1. The maximum atomic E-state index is 15.1. The molecule has 0 saturated carbocycles. The van der Waals surface area contributed by atoms with Crippen LogP contribution in [0.5, 0.6) is 11.5 Å². The summed E-state index contributed by atoms with van der Waals surface area (Å²) >= 11 is 6.97. The number of hydrogen-bond donors (Lipinski definition) is 1. The predicted octanol–water partition coefficient (Wildman–Crippen LogP) is 8.65. The van der Waals surface area contributed by atoms with E-state index < -0.39 is 5.82 Å². The Bertz CT molecular complexity index is 1700. The molecule has 0 aliphatic heterocycles. The van der Waals surface area contributed by atoms with Crippen LogP contribution in [0.25, 0.3) is 20.7 Å². The fraction of sp³-hybridized carbons (Fsp3) is 0.206. The van der Waals surface area contributed by atoms with E-state index in [0.717, 1.165) is 45.7 Å². The van der Waals surface area contributed by atoms with Gasteiger partial charge in [-0.3, -0.25) is 9.78 Å². The van der Waals surface area contributed by atoms with Crippen LogP contribution in [0.1, 0.15) is 36.5 Å². The second kappa shape index (κ2) is 13.9. The van der Waals surface area contributed by atoms with Gasteiger partial charge in [0.25, 0.3) is 0 Å². The van der Waals surface area contributed by atoms with Crippen molar-refractivity contribution in [2.24, 2.45) is 0 Å². The highest BCUT2D eigenvalue weighted by molar-refractivity contribution is 7.80. The molecule has 0 radical (unpaired) electrons. The fourth-order valence-electron chi connectivity index (χ4n) is 4.59. The highest BCUT2D eigenvalue weighted by Gasteiger charge is 2.15. The summed E-state index contributed by atoms with van der Waals surface area (Å²) in [6, 6.07) is 22.8. The zero-order valence-electron chi connectivity index (χ0n) is 23.2. The molecule has 2 heterocycles. The fourth-order valence-corrected chi connectivity index (χ4v) is 5.99. The topological polar surface area (TPSA) is 51.2 Å². The predicted molar refractivity (Wildman–Crippen MR) is 170 cm³/mol. The summed E-state index contributed by atoms with van der Waals surface area (Å²) in [6.45, 7) is 3.98. The first-order chi connectivity index (χ1) is 20.4. The molecular formula is C34H30F2N2O2S2. The monoisotopic (exact) mass is 600 g/mol. The van der Waals surface area contributed by atoms with Gasteiger partial charge < -0.3 is 10.1 Å². The number of benzene rings is 3. The van der Waals surface area contributed by atoms with Gasteiger partial charge in [-0.1, -0.05) is 61.6 Å². The van der Waals surface area contributed by atoms with Gasteiger partial charge in [0, 0.05) is 47.8 Å². The molecule has 5 rings (SSSR count). The van der Waals surface area contributed by atoms with Gasteiger partial charge in [-0.25, -0.2) is 8.78 Å². The molecule has 4 nitrogen and oxygen atoms in total. The SMILES string of the molecule is CCCNCc1ccc(-c2cc3nccc(Oc4ccc(CC(=S)CC(=O)Cc5ccc(F)cc5)cc4F)c3s2)cc1. The van der Waals surface area contributed by atoms with Gasteiger partial charge in [-0.2, -0.15) is 0 Å². The number of hydrogen-bond acceptors (Lipinski definition) is 6. The van der Waals surface area contributed by atoms with Crippen LogP contribution in [0.3, 0.4) is 0 Å². The Balaban J connectivity index is 1.23. The Hall–Kier alpha value is -3.85. The third kappa shape index (κ3) is 7.70. The number of thiophene rings is 1. The van der Waals surface area contributed by atoms with Crippen molar-refractivity contribution in [3.05, 3.63) is 113 Å². The number of thiocarbonyl (C=S) groups is 1. The van der Waals surface area contributed by atoms with Crippen LogP contribution in [-0.4, -0.2) is 22.2 Å². The number of aromatic nitrogens is 1. The molecule has 0 saturated heterocycles. The lowest BCUT2D eigenvalue weighted by Crippen LogP contribution is -2.13. The molecule has 0 amide bonds. The maximum Gasteiger partial charge on any atom is 0.166 e. The summed E-state index contributed by atoms with van der Waals surface area (Å²) < 4.78 is 35.1. The lowest BCUT2D eigenvalue weighted by atomic mass is 10.0.